The zero-order chi connectivity index (χ0) is 9.10. The second-order valence-electron chi connectivity index (χ2n) is 3.39. The highest BCUT2D eigenvalue weighted by molar-refractivity contribution is 5.85. The summed E-state index contributed by atoms with van der Waals surface area (Å²) in [4.78, 5) is 10.5. The first kappa shape index (κ1) is 11.2. The van der Waals surface area contributed by atoms with Crippen LogP contribution in [0.4, 0.5) is 5.82 Å². The smallest absolute Gasteiger partial charge is 0.147 e. The zero-order valence-electron chi connectivity index (χ0n) is 7.97. The van der Waals surface area contributed by atoms with E-state index in [1.54, 1.807) is 18.6 Å². The molecule has 0 aromatic carbocycles. The predicted molar refractivity (Wildman–Crippen MR) is 58.7 cm³/mol. The molecule has 1 saturated heterocycles. The summed E-state index contributed by atoms with van der Waals surface area (Å²) in [5, 5.41) is 0. The molecule has 2 rings (SSSR count). The van der Waals surface area contributed by atoms with Gasteiger partial charge in [-0.05, 0) is 12.8 Å². The van der Waals surface area contributed by atoms with Crippen LogP contribution in [0.1, 0.15) is 12.8 Å². The number of anilines is 1. The van der Waals surface area contributed by atoms with E-state index >= 15 is 0 Å². The molecule has 0 spiro atoms. The highest BCUT2D eigenvalue weighted by atomic mass is 35.5. The van der Waals surface area contributed by atoms with Crippen molar-refractivity contribution in [2.45, 2.75) is 18.9 Å². The highest BCUT2D eigenvalue weighted by Crippen LogP contribution is 2.14. The van der Waals surface area contributed by atoms with Gasteiger partial charge in [-0.2, -0.15) is 0 Å². The van der Waals surface area contributed by atoms with Crippen LogP contribution in [0.5, 0.6) is 0 Å². The van der Waals surface area contributed by atoms with E-state index in [4.69, 9.17) is 5.73 Å². The maximum atomic E-state index is 5.81. The van der Waals surface area contributed by atoms with Gasteiger partial charge in [-0.15, -0.1) is 12.4 Å². The van der Waals surface area contributed by atoms with E-state index in [1.807, 2.05) is 0 Å². The average Bonchev–Trinajstić information content (AvgIpc) is 2.20. The summed E-state index contributed by atoms with van der Waals surface area (Å²) in [6.45, 7) is 2.00. The molecule has 14 heavy (non-hydrogen) atoms. The molecule has 1 aliphatic heterocycles. The van der Waals surface area contributed by atoms with Gasteiger partial charge in [-0.3, -0.25) is 4.98 Å². The van der Waals surface area contributed by atoms with Gasteiger partial charge in [-0.1, -0.05) is 0 Å². The summed E-state index contributed by atoms with van der Waals surface area (Å²) in [6.07, 6.45) is 7.33. The molecule has 1 aromatic rings. The minimum absolute atomic E-state index is 0. The van der Waals surface area contributed by atoms with Crippen LogP contribution in [-0.2, 0) is 0 Å². The molecular weight excluding hydrogens is 200 g/mol. The third-order valence-electron chi connectivity index (χ3n) is 2.41. The van der Waals surface area contributed by atoms with Gasteiger partial charge in [0.05, 0.1) is 6.20 Å². The molecule has 5 heteroatoms. The molecule has 1 aromatic heterocycles. The number of nitrogens with two attached hydrogens (primary N) is 1. The number of halogens is 1. The lowest BCUT2D eigenvalue weighted by atomic mass is 10.1. The third-order valence-corrected chi connectivity index (χ3v) is 2.41. The van der Waals surface area contributed by atoms with Crippen LogP contribution in [-0.4, -0.2) is 29.1 Å². The maximum Gasteiger partial charge on any atom is 0.147 e. The van der Waals surface area contributed by atoms with Crippen LogP contribution >= 0.6 is 12.4 Å². The molecule has 0 bridgehead atoms. The number of aromatic nitrogens is 2. The molecule has 0 aliphatic carbocycles. The van der Waals surface area contributed by atoms with Crippen molar-refractivity contribution in [1.29, 1.82) is 0 Å². The zero-order valence-corrected chi connectivity index (χ0v) is 8.78. The summed E-state index contributed by atoms with van der Waals surface area (Å²) in [6, 6.07) is 0.368. The molecule has 78 valence electrons. The fourth-order valence-electron chi connectivity index (χ4n) is 1.58. The van der Waals surface area contributed by atoms with E-state index in [9.17, 15) is 0 Å². The molecule has 1 fully saturated rings. The van der Waals surface area contributed by atoms with Crippen LogP contribution in [0.15, 0.2) is 18.6 Å². The Kier molecular flexibility index (Phi) is 4.10. The average molecular weight is 215 g/mol. The van der Waals surface area contributed by atoms with Gasteiger partial charge >= 0.3 is 0 Å². The van der Waals surface area contributed by atoms with Gasteiger partial charge in [0.2, 0.25) is 0 Å². The van der Waals surface area contributed by atoms with E-state index in [1.165, 1.54) is 0 Å². The Balaban J connectivity index is 0.000000980. The van der Waals surface area contributed by atoms with E-state index < -0.39 is 0 Å². The molecule has 0 saturated carbocycles. The van der Waals surface area contributed by atoms with Gasteiger partial charge in [0.15, 0.2) is 0 Å². The van der Waals surface area contributed by atoms with Gasteiger partial charge in [0.1, 0.15) is 5.82 Å². The Labute approximate surface area is 89.9 Å². The normalized spacial score (nSPS) is 17.6. The van der Waals surface area contributed by atoms with Crippen LogP contribution in [0.3, 0.4) is 0 Å². The van der Waals surface area contributed by atoms with Gasteiger partial charge in [-0.25, -0.2) is 4.98 Å². The van der Waals surface area contributed by atoms with Gasteiger partial charge in [0.25, 0.3) is 0 Å². The largest absolute Gasteiger partial charge is 0.355 e. The first-order chi connectivity index (χ1) is 6.36. The Bertz CT molecular complexity index is 259. The summed E-state index contributed by atoms with van der Waals surface area (Å²) in [5.74, 6) is 0.967. The van der Waals surface area contributed by atoms with E-state index in [2.05, 4.69) is 14.9 Å². The molecule has 2 heterocycles. The van der Waals surface area contributed by atoms with E-state index in [0.29, 0.717) is 6.04 Å². The lowest BCUT2D eigenvalue weighted by molar-refractivity contribution is 0.498. The Morgan fingerprint density at radius 2 is 2.00 bits per heavy atom. The van der Waals surface area contributed by atoms with E-state index in [-0.39, 0.29) is 12.4 Å². The first-order valence-electron chi connectivity index (χ1n) is 4.63. The standard InChI is InChI=1S/C9H14N4.ClH/c10-8-1-5-13(6-2-8)9-7-11-3-4-12-9;/h3-4,7-8H,1-2,5-6,10H2;1H. The van der Waals surface area contributed by atoms with Crippen molar-refractivity contribution in [3.8, 4) is 0 Å². The topological polar surface area (TPSA) is 55.0 Å². The fourth-order valence-corrected chi connectivity index (χ4v) is 1.58. The molecule has 2 N–H and O–H groups in total. The quantitative estimate of drug-likeness (QED) is 0.753. The molecule has 0 atom stereocenters. The SMILES string of the molecule is Cl.NC1CCN(c2cnccn2)CC1. The second-order valence-corrected chi connectivity index (χ2v) is 3.39. The predicted octanol–water partition coefficient (Wildman–Crippen LogP) is 0.826. The molecule has 4 nitrogen and oxygen atoms in total. The lowest BCUT2D eigenvalue weighted by Crippen LogP contribution is -2.40. The number of rotatable bonds is 1. The monoisotopic (exact) mass is 214 g/mol. The number of hydrogen-bond donors (Lipinski definition) is 1. The third kappa shape index (κ3) is 2.56. The maximum absolute atomic E-state index is 5.81. The van der Waals surface area contributed by atoms with Crippen molar-refractivity contribution in [3.63, 3.8) is 0 Å². The number of hydrogen-bond acceptors (Lipinski definition) is 4. The summed E-state index contributed by atoms with van der Waals surface area (Å²) >= 11 is 0. The first-order valence-corrected chi connectivity index (χ1v) is 4.63. The summed E-state index contributed by atoms with van der Waals surface area (Å²) < 4.78 is 0. The van der Waals surface area contributed by atoms with Gasteiger partial charge in [0, 0.05) is 31.5 Å². The Morgan fingerprint density at radius 1 is 1.29 bits per heavy atom. The van der Waals surface area contributed by atoms with Crippen molar-refractivity contribution in [2.24, 2.45) is 5.73 Å². The van der Waals surface area contributed by atoms with Crippen molar-refractivity contribution < 1.29 is 0 Å². The molecule has 0 amide bonds. The summed E-state index contributed by atoms with van der Waals surface area (Å²) in [7, 11) is 0. The van der Waals surface area contributed by atoms with Crippen molar-refractivity contribution in [1.82, 2.24) is 9.97 Å². The molecule has 1 aliphatic rings. The number of nitrogens with zero attached hydrogens (tertiary/aromatic N) is 3. The second kappa shape index (κ2) is 5.12. The van der Waals surface area contributed by atoms with Crippen molar-refractivity contribution in [2.75, 3.05) is 18.0 Å². The lowest BCUT2D eigenvalue weighted by Gasteiger charge is -2.30. The minimum atomic E-state index is 0. The highest BCUT2D eigenvalue weighted by Gasteiger charge is 2.16. The van der Waals surface area contributed by atoms with Crippen LogP contribution < -0.4 is 10.6 Å². The van der Waals surface area contributed by atoms with Crippen molar-refractivity contribution >= 4 is 18.2 Å². The molecule has 0 unspecified atom stereocenters. The molecular formula is C9H15ClN4. The van der Waals surface area contributed by atoms with E-state index in [0.717, 1.165) is 31.7 Å². The van der Waals surface area contributed by atoms with Crippen LogP contribution in [0.25, 0.3) is 0 Å². The van der Waals surface area contributed by atoms with Crippen LogP contribution in [0.2, 0.25) is 0 Å². The molecule has 0 radical (unpaired) electrons. The van der Waals surface area contributed by atoms with Gasteiger partial charge < -0.3 is 10.6 Å². The Morgan fingerprint density at radius 3 is 2.57 bits per heavy atom. The minimum Gasteiger partial charge on any atom is -0.355 e. The fraction of sp³-hybridized carbons (Fsp3) is 0.556. The van der Waals surface area contributed by atoms with Crippen LogP contribution in [0, 0.1) is 0 Å². The van der Waals surface area contributed by atoms with Crippen molar-refractivity contribution in [3.05, 3.63) is 18.6 Å². The number of piperidine rings is 1. The summed E-state index contributed by atoms with van der Waals surface area (Å²) in [5.41, 5.74) is 5.81. The Hall–Kier alpha value is -0.870.